The van der Waals surface area contributed by atoms with Crippen LogP contribution in [0, 0.1) is 12.8 Å². The zero-order chi connectivity index (χ0) is 15.0. The van der Waals surface area contributed by atoms with Gasteiger partial charge >= 0.3 is 0 Å². The SMILES string of the molecule is Cc1nn(C)c(Cn2ncc(NCC3CC3)cc2=O)c1Cl. The third kappa shape index (κ3) is 3.10. The third-order valence-corrected chi connectivity index (χ3v) is 4.21. The second kappa shape index (κ2) is 5.52. The number of aromatic nitrogens is 4. The molecule has 2 aromatic rings. The molecular weight excluding hydrogens is 290 g/mol. The van der Waals surface area contributed by atoms with E-state index in [0.717, 1.165) is 29.5 Å². The molecule has 2 aromatic heterocycles. The zero-order valence-electron chi connectivity index (χ0n) is 12.1. The highest BCUT2D eigenvalue weighted by Gasteiger charge is 2.20. The van der Waals surface area contributed by atoms with E-state index in [4.69, 9.17) is 11.6 Å². The van der Waals surface area contributed by atoms with Crippen molar-refractivity contribution in [3.05, 3.63) is 39.0 Å². The molecule has 0 aromatic carbocycles. The first-order chi connectivity index (χ1) is 10.0. The molecule has 0 radical (unpaired) electrons. The summed E-state index contributed by atoms with van der Waals surface area (Å²) in [6, 6.07) is 1.58. The van der Waals surface area contributed by atoms with Crippen LogP contribution in [0.25, 0.3) is 0 Å². The fourth-order valence-electron chi connectivity index (χ4n) is 2.23. The number of nitrogens with one attached hydrogen (secondary N) is 1. The fourth-order valence-corrected chi connectivity index (χ4v) is 2.45. The smallest absolute Gasteiger partial charge is 0.269 e. The van der Waals surface area contributed by atoms with Crippen molar-refractivity contribution in [1.29, 1.82) is 0 Å². The van der Waals surface area contributed by atoms with Gasteiger partial charge in [-0.15, -0.1) is 0 Å². The molecule has 0 amide bonds. The molecule has 3 rings (SSSR count). The molecule has 0 spiro atoms. The number of halogens is 1. The Morgan fingerprint density at radius 3 is 2.81 bits per heavy atom. The minimum Gasteiger partial charge on any atom is -0.383 e. The molecule has 0 atom stereocenters. The Hall–Kier alpha value is -1.82. The second-order valence-electron chi connectivity index (χ2n) is 5.53. The first kappa shape index (κ1) is 14.1. The fraction of sp³-hybridized carbons (Fsp3) is 0.500. The Bertz CT molecular complexity index is 717. The van der Waals surface area contributed by atoms with Crippen LogP contribution in [0.4, 0.5) is 5.69 Å². The number of hydrogen-bond donors (Lipinski definition) is 1. The van der Waals surface area contributed by atoms with Gasteiger partial charge in [-0.3, -0.25) is 9.48 Å². The lowest BCUT2D eigenvalue weighted by atomic mass is 10.3. The molecule has 21 heavy (non-hydrogen) atoms. The highest BCUT2D eigenvalue weighted by molar-refractivity contribution is 6.31. The van der Waals surface area contributed by atoms with Gasteiger partial charge in [-0.25, -0.2) is 4.68 Å². The average Bonchev–Trinajstić information content (AvgIpc) is 3.23. The largest absolute Gasteiger partial charge is 0.383 e. The molecule has 112 valence electrons. The van der Waals surface area contributed by atoms with E-state index >= 15 is 0 Å². The topological polar surface area (TPSA) is 64.7 Å². The molecule has 0 saturated heterocycles. The van der Waals surface area contributed by atoms with Gasteiger partial charge in [0, 0.05) is 19.7 Å². The van der Waals surface area contributed by atoms with E-state index in [2.05, 4.69) is 15.5 Å². The van der Waals surface area contributed by atoms with Gasteiger partial charge in [-0.05, 0) is 25.7 Å². The Morgan fingerprint density at radius 1 is 1.48 bits per heavy atom. The lowest BCUT2D eigenvalue weighted by Gasteiger charge is -2.08. The number of nitrogens with zero attached hydrogens (tertiary/aromatic N) is 4. The average molecular weight is 308 g/mol. The summed E-state index contributed by atoms with van der Waals surface area (Å²) in [5, 5.41) is 12.3. The van der Waals surface area contributed by atoms with E-state index in [0.29, 0.717) is 11.6 Å². The number of anilines is 1. The first-order valence-electron chi connectivity index (χ1n) is 7.03. The molecule has 0 aliphatic heterocycles. The Labute approximate surface area is 127 Å². The summed E-state index contributed by atoms with van der Waals surface area (Å²) < 4.78 is 3.08. The minimum absolute atomic E-state index is 0.147. The van der Waals surface area contributed by atoms with Crippen LogP contribution in [0.3, 0.4) is 0 Å². The first-order valence-corrected chi connectivity index (χ1v) is 7.41. The summed E-state index contributed by atoms with van der Waals surface area (Å²) in [5.41, 5.74) is 2.16. The van der Waals surface area contributed by atoms with E-state index < -0.39 is 0 Å². The van der Waals surface area contributed by atoms with Crippen LogP contribution in [0.1, 0.15) is 24.2 Å². The van der Waals surface area contributed by atoms with Crippen molar-refractivity contribution in [2.45, 2.75) is 26.3 Å². The molecule has 1 N–H and O–H groups in total. The lowest BCUT2D eigenvalue weighted by molar-refractivity contribution is 0.591. The third-order valence-electron chi connectivity index (χ3n) is 3.72. The lowest BCUT2D eigenvalue weighted by Crippen LogP contribution is -2.24. The van der Waals surface area contributed by atoms with Crippen molar-refractivity contribution >= 4 is 17.3 Å². The van der Waals surface area contributed by atoms with Gasteiger partial charge in [0.2, 0.25) is 0 Å². The van der Waals surface area contributed by atoms with Crippen molar-refractivity contribution in [1.82, 2.24) is 19.6 Å². The van der Waals surface area contributed by atoms with Crippen molar-refractivity contribution in [2.75, 3.05) is 11.9 Å². The maximum Gasteiger partial charge on any atom is 0.269 e. The summed E-state index contributed by atoms with van der Waals surface area (Å²) in [6.07, 6.45) is 4.23. The van der Waals surface area contributed by atoms with Crippen LogP contribution in [-0.2, 0) is 13.6 Å². The zero-order valence-corrected chi connectivity index (χ0v) is 12.9. The van der Waals surface area contributed by atoms with Gasteiger partial charge < -0.3 is 5.32 Å². The standard InChI is InChI=1S/C14H18ClN5O/c1-9-14(15)12(19(2)18-9)8-20-13(21)5-11(7-17-20)16-6-10-3-4-10/h5,7,10,16H,3-4,6,8H2,1-2H3. The molecule has 1 fully saturated rings. The van der Waals surface area contributed by atoms with Crippen LogP contribution in [0.2, 0.25) is 5.02 Å². The Balaban J connectivity index is 1.77. The number of aryl methyl sites for hydroxylation is 2. The molecule has 0 bridgehead atoms. The van der Waals surface area contributed by atoms with Gasteiger partial charge in [-0.2, -0.15) is 10.2 Å². The van der Waals surface area contributed by atoms with E-state index in [1.807, 2.05) is 14.0 Å². The Kier molecular flexibility index (Phi) is 3.71. The number of rotatable bonds is 5. The molecule has 1 saturated carbocycles. The van der Waals surface area contributed by atoms with Gasteiger partial charge in [0.25, 0.3) is 5.56 Å². The quantitative estimate of drug-likeness (QED) is 0.915. The van der Waals surface area contributed by atoms with Crippen molar-refractivity contribution in [3.8, 4) is 0 Å². The van der Waals surface area contributed by atoms with Crippen molar-refractivity contribution in [3.63, 3.8) is 0 Å². The van der Waals surface area contributed by atoms with E-state index in [1.165, 1.54) is 17.5 Å². The van der Waals surface area contributed by atoms with Crippen LogP contribution in [0.15, 0.2) is 17.1 Å². The highest BCUT2D eigenvalue weighted by atomic mass is 35.5. The van der Waals surface area contributed by atoms with Crippen LogP contribution >= 0.6 is 11.6 Å². The van der Waals surface area contributed by atoms with Gasteiger partial charge in [0.1, 0.15) is 0 Å². The second-order valence-corrected chi connectivity index (χ2v) is 5.91. The minimum atomic E-state index is -0.147. The predicted octanol–water partition coefficient (Wildman–Crippen LogP) is 1.81. The Morgan fingerprint density at radius 2 is 2.24 bits per heavy atom. The van der Waals surface area contributed by atoms with E-state index in [-0.39, 0.29) is 5.56 Å². The molecule has 0 unspecified atom stereocenters. The molecule has 6 nitrogen and oxygen atoms in total. The van der Waals surface area contributed by atoms with Crippen LogP contribution in [0.5, 0.6) is 0 Å². The van der Waals surface area contributed by atoms with Crippen molar-refractivity contribution < 1.29 is 0 Å². The molecule has 1 aliphatic rings. The van der Waals surface area contributed by atoms with Crippen molar-refractivity contribution in [2.24, 2.45) is 13.0 Å². The molecule has 1 aliphatic carbocycles. The molecule has 7 heteroatoms. The van der Waals surface area contributed by atoms with E-state index in [9.17, 15) is 4.79 Å². The van der Waals surface area contributed by atoms with Gasteiger partial charge in [0.15, 0.2) is 0 Å². The summed E-state index contributed by atoms with van der Waals surface area (Å²) in [6.45, 7) is 3.07. The van der Waals surface area contributed by atoms with E-state index in [1.54, 1.807) is 16.9 Å². The number of hydrogen-bond acceptors (Lipinski definition) is 4. The molecule has 2 heterocycles. The molecular formula is C14H18ClN5O. The summed E-state index contributed by atoms with van der Waals surface area (Å²) in [5.74, 6) is 0.753. The normalized spacial score (nSPS) is 14.4. The van der Waals surface area contributed by atoms with Crippen LogP contribution < -0.4 is 10.9 Å². The predicted molar refractivity (Wildman–Crippen MR) is 81.8 cm³/mol. The van der Waals surface area contributed by atoms with Gasteiger partial charge in [-0.1, -0.05) is 11.6 Å². The van der Waals surface area contributed by atoms with Gasteiger partial charge in [0.05, 0.1) is 34.8 Å². The summed E-state index contributed by atoms with van der Waals surface area (Å²) in [4.78, 5) is 12.1. The van der Waals surface area contributed by atoms with Crippen LogP contribution in [-0.4, -0.2) is 26.1 Å². The summed E-state index contributed by atoms with van der Waals surface area (Å²) in [7, 11) is 1.81. The maximum absolute atomic E-state index is 12.1. The summed E-state index contributed by atoms with van der Waals surface area (Å²) >= 11 is 6.20. The monoisotopic (exact) mass is 307 g/mol. The maximum atomic E-state index is 12.1. The highest BCUT2D eigenvalue weighted by Crippen LogP contribution is 2.28.